The lowest BCUT2D eigenvalue weighted by Gasteiger charge is -2.14. The highest BCUT2D eigenvalue weighted by molar-refractivity contribution is 5.01. The van der Waals surface area contributed by atoms with Crippen LogP contribution in [0, 0.1) is 25.2 Å². The van der Waals surface area contributed by atoms with Crippen molar-refractivity contribution in [2.75, 3.05) is 0 Å². The van der Waals surface area contributed by atoms with Crippen molar-refractivity contribution in [1.82, 2.24) is 14.8 Å². The van der Waals surface area contributed by atoms with E-state index >= 15 is 0 Å². The SMILES string of the molecule is Cc1nc(C)n(CCC(C)(N)C#N)n1. The Kier molecular flexibility index (Phi) is 2.87. The third-order valence-corrected chi connectivity index (χ3v) is 2.06. The van der Waals surface area contributed by atoms with Crippen molar-refractivity contribution in [3.63, 3.8) is 0 Å². The normalized spacial score (nSPS) is 14.8. The average Bonchev–Trinajstić information content (AvgIpc) is 2.42. The molecule has 1 heterocycles. The lowest BCUT2D eigenvalue weighted by molar-refractivity contribution is 0.459. The van der Waals surface area contributed by atoms with E-state index in [0.717, 1.165) is 11.6 Å². The average molecular weight is 193 g/mol. The lowest BCUT2D eigenvalue weighted by Crippen LogP contribution is -2.35. The van der Waals surface area contributed by atoms with Gasteiger partial charge in [-0.15, -0.1) is 0 Å². The van der Waals surface area contributed by atoms with Gasteiger partial charge in [-0.3, -0.25) is 4.68 Å². The van der Waals surface area contributed by atoms with Gasteiger partial charge in [-0.1, -0.05) is 0 Å². The number of nitrogens with two attached hydrogens (primary N) is 1. The first-order chi connectivity index (χ1) is 6.44. The molecule has 76 valence electrons. The van der Waals surface area contributed by atoms with Crippen molar-refractivity contribution < 1.29 is 0 Å². The van der Waals surface area contributed by atoms with Gasteiger partial charge in [-0.25, -0.2) is 4.98 Å². The smallest absolute Gasteiger partial charge is 0.147 e. The van der Waals surface area contributed by atoms with E-state index in [1.54, 1.807) is 11.6 Å². The molecule has 0 spiro atoms. The largest absolute Gasteiger partial charge is 0.314 e. The summed E-state index contributed by atoms with van der Waals surface area (Å²) in [5, 5.41) is 12.9. The molecule has 1 aromatic heterocycles. The van der Waals surface area contributed by atoms with Crippen LogP contribution in [0.25, 0.3) is 0 Å². The maximum Gasteiger partial charge on any atom is 0.147 e. The zero-order valence-corrected chi connectivity index (χ0v) is 8.78. The summed E-state index contributed by atoms with van der Waals surface area (Å²) in [6, 6.07) is 2.05. The first-order valence-electron chi connectivity index (χ1n) is 4.53. The maximum atomic E-state index is 8.73. The predicted octanol–water partition coefficient (Wildman–Crippen LogP) is 0.526. The van der Waals surface area contributed by atoms with Gasteiger partial charge in [-0.2, -0.15) is 10.4 Å². The minimum atomic E-state index is -0.785. The second-order valence-electron chi connectivity index (χ2n) is 3.71. The Bertz CT molecular complexity index is 358. The number of hydrogen-bond donors (Lipinski definition) is 1. The molecule has 2 N–H and O–H groups in total. The molecule has 5 nitrogen and oxygen atoms in total. The maximum absolute atomic E-state index is 8.73. The molecule has 1 unspecified atom stereocenters. The summed E-state index contributed by atoms with van der Waals surface area (Å²) in [7, 11) is 0. The molecule has 0 amide bonds. The number of nitriles is 1. The van der Waals surface area contributed by atoms with E-state index < -0.39 is 5.54 Å². The summed E-state index contributed by atoms with van der Waals surface area (Å²) >= 11 is 0. The molecule has 0 aliphatic rings. The number of aromatic nitrogens is 3. The van der Waals surface area contributed by atoms with Crippen LogP contribution in [0.3, 0.4) is 0 Å². The van der Waals surface area contributed by atoms with Crippen molar-refractivity contribution in [2.45, 2.75) is 39.3 Å². The molecule has 0 aromatic carbocycles. The fourth-order valence-electron chi connectivity index (χ4n) is 1.17. The summed E-state index contributed by atoms with van der Waals surface area (Å²) < 4.78 is 1.78. The van der Waals surface area contributed by atoms with Gasteiger partial charge in [-0.05, 0) is 27.2 Å². The Morgan fingerprint density at radius 3 is 2.64 bits per heavy atom. The number of nitrogens with zero attached hydrogens (tertiary/aromatic N) is 4. The molecule has 0 saturated heterocycles. The predicted molar refractivity (Wildman–Crippen MR) is 52.3 cm³/mol. The zero-order valence-electron chi connectivity index (χ0n) is 8.78. The van der Waals surface area contributed by atoms with Crippen molar-refractivity contribution in [2.24, 2.45) is 5.73 Å². The molecule has 1 aromatic rings. The van der Waals surface area contributed by atoms with E-state index in [-0.39, 0.29) is 0 Å². The fraction of sp³-hybridized carbons (Fsp3) is 0.667. The van der Waals surface area contributed by atoms with E-state index in [1.807, 2.05) is 13.8 Å². The fourth-order valence-corrected chi connectivity index (χ4v) is 1.17. The Balaban J connectivity index is 2.63. The summed E-state index contributed by atoms with van der Waals surface area (Å²) in [5.74, 6) is 1.61. The van der Waals surface area contributed by atoms with Crippen molar-refractivity contribution in [1.29, 1.82) is 5.26 Å². The minimum Gasteiger partial charge on any atom is -0.314 e. The molecule has 0 aliphatic heterocycles. The molecule has 5 heteroatoms. The molecule has 14 heavy (non-hydrogen) atoms. The first-order valence-corrected chi connectivity index (χ1v) is 4.53. The van der Waals surface area contributed by atoms with Crippen molar-refractivity contribution in [3.8, 4) is 6.07 Å². The van der Waals surface area contributed by atoms with E-state index in [9.17, 15) is 0 Å². The molecule has 0 bridgehead atoms. The van der Waals surface area contributed by atoms with Crippen LogP contribution in [0.1, 0.15) is 25.0 Å². The van der Waals surface area contributed by atoms with Gasteiger partial charge in [0.1, 0.15) is 17.2 Å². The van der Waals surface area contributed by atoms with Crippen LogP contribution >= 0.6 is 0 Å². The molecule has 1 rings (SSSR count). The Morgan fingerprint density at radius 2 is 2.21 bits per heavy atom. The van der Waals surface area contributed by atoms with Crippen LogP contribution in [0.15, 0.2) is 0 Å². The lowest BCUT2D eigenvalue weighted by atomic mass is 10.0. The van der Waals surface area contributed by atoms with Gasteiger partial charge in [0.2, 0.25) is 0 Å². The third-order valence-electron chi connectivity index (χ3n) is 2.06. The van der Waals surface area contributed by atoms with Crippen molar-refractivity contribution >= 4 is 0 Å². The van der Waals surface area contributed by atoms with Gasteiger partial charge in [0.05, 0.1) is 6.07 Å². The highest BCUT2D eigenvalue weighted by atomic mass is 15.3. The summed E-state index contributed by atoms with van der Waals surface area (Å²) in [5.41, 5.74) is 4.91. The van der Waals surface area contributed by atoms with E-state index in [0.29, 0.717) is 13.0 Å². The molecular formula is C9H15N5. The number of rotatable bonds is 3. The molecule has 0 radical (unpaired) electrons. The number of hydrogen-bond acceptors (Lipinski definition) is 4. The monoisotopic (exact) mass is 193 g/mol. The Morgan fingerprint density at radius 1 is 1.57 bits per heavy atom. The van der Waals surface area contributed by atoms with Crippen LogP contribution < -0.4 is 5.73 Å². The molecule has 1 atom stereocenters. The van der Waals surface area contributed by atoms with E-state index in [4.69, 9.17) is 11.0 Å². The van der Waals surface area contributed by atoms with Gasteiger partial charge < -0.3 is 5.73 Å². The quantitative estimate of drug-likeness (QED) is 0.759. The van der Waals surface area contributed by atoms with Crippen LogP contribution in [0.5, 0.6) is 0 Å². The second kappa shape index (κ2) is 3.76. The molecule has 0 aliphatic carbocycles. The van der Waals surface area contributed by atoms with Gasteiger partial charge >= 0.3 is 0 Å². The molecule has 0 fully saturated rings. The Hall–Kier alpha value is -1.41. The van der Waals surface area contributed by atoms with Crippen LogP contribution in [0.4, 0.5) is 0 Å². The van der Waals surface area contributed by atoms with Crippen LogP contribution in [-0.2, 0) is 6.54 Å². The number of aryl methyl sites for hydroxylation is 3. The Labute approximate surface area is 83.5 Å². The second-order valence-corrected chi connectivity index (χ2v) is 3.71. The topological polar surface area (TPSA) is 80.5 Å². The minimum absolute atomic E-state index is 0.577. The van der Waals surface area contributed by atoms with Gasteiger partial charge in [0.25, 0.3) is 0 Å². The standard InChI is InChI=1S/C9H15N5/c1-7-12-8(2)14(13-7)5-4-9(3,11)6-10/h4-5,11H2,1-3H3. The van der Waals surface area contributed by atoms with E-state index in [1.165, 1.54) is 0 Å². The third kappa shape index (κ3) is 2.54. The van der Waals surface area contributed by atoms with Crippen LogP contribution in [-0.4, -0.2) is 20.3 Å². The highest BCUT2D eigenvalue weighted by Gasteiger charge is 2.17. The van der Waals surface area contributed by atoms with E-state index in [2.05, 4.69) is 16.2 Å². The van der Waals surface area contributed by atoms with Gasteiger partial charge in [0.15, 0.2) is 0 Å². The summed E-state index contributed by atoms with van der Waals surface area (Å²) in [6.45, 7) is 6.08. The molecule has 0 saturated carbocycles. The van der Waals surface area contributed by atoms with Crippen LogP contribution in [0.2, 0.25) is 0 Å². The summed E-state index contributed by atoms with van der Waals surface area (Å²) in [4.78, 5) is 4.17. The molecular weight excluding hydrogens is 178 g/mol. The first kappa shape index (κ1) is 10.7. The highest BCUT2D eigenvalue weighted by Crippen LogP contribution is 2.06. The summed E-state index contributed by atoms with van der Waals surface area (Å²) in [6.07, 6.45) is 0.577. The van der Waals surface area contributed by atoms with Gasteiger partial charge in [0, 0.05) is 6.54 Å². The zero-order chi connectivity index (χ0) is 10.8. The van der Waals surface area contributed by atoms with Crippen molar-refractivity contribution in [3.05, 3.63) is 11.6 Å².